The lowest BCUT2D eigenvalue weighted by atomic mass is 10.2. The lowest BCUT2D eigenvalue weighted by Gasteiger charge is -2.00. The number of amides is 1. The number of carbonyl (C=O) groups is 1. The molecule has 0 atom stereocenters. The number of aromatic nitrogens is 2. The van der Waals surface area contributed by atoms with Gasteiger partial charge in [0.25, 0.3) is 0 Å². The van der Waals surface area contributed by atoms with E-state index in [9.17, 15) is 18.0 Å². The summed E-state index contributed by atoms with van der Waals surface area (Å²) in [5, 5.41) is 8.04. The van der Waals surface area contributed by atoms with E-state index in [1.165, 1.54) is 6.92 Å². The number of halogens is 3. The molecule has 0 fully saturated rings. The summed E-state index contributed by atoms with van der Waals surface area (Å²) in [5.41, 5.74) is -0.686. The van der Waals surface area contributed by atoms with Gasteiger partial charge in [-0.1, -0.05) is 0 Å². The van der Waals surface area contributed by atoms with Crippen LogP contribution in [0.5, 0.6) is 0 Å². The number of rotatable bonds is 5. The average Bonchev–Trinajstić information content (AvgIpc) is 2.64. The fraction of sp³-hybridized carbons (Fsp3) is 0.600. The fourth-order valence-corrected chi connectivity index (χ4v) is 1.27. The van der Waals surface area contributed by atoms with Crippen LogP contribution in [0.3, 0.4) is 0 Å². The Labute approximate surface area is 96.6 Å². The summed E-state index contributed by atoms with van der Waals surface area (Å²) < 4.78 is 36.5. The predicted molar refractivity (Wildman–Crippen MR) is 54.0 cm³/mol. The van der Waals surface area contributed by atoms with E-state index in [1.807, 2.05) is 0 Å². The van der Waals surface area contributed by atoms with Gasteiger partial charge in [0, 0.05) is 25.2 Å². The zero-order valence-corrected chi connectivity index (χ0v) is 9.32. The zero-order valence-electron chi connectivity index (χ0n) is 9.32. The molecule has 95 valence electrons. The van der Waals surface area contributed by atoms with Gasteiger partial charge < -0.3 is 5.32 Å². The normalized spacial score (nSPS) is 11.5. The molecule has 0 aromatic carbocycles. The van der Waals surface area contributed by atoms with Crippen LogP contribution in [0.25, 0.3) is 0 Å². The summed E-state index contributed by atoms with van der Waals surface area (Å²) in [6, 6.07) is 2.17. The highest BCUT2D eigenvalue weighted by Gasteiger charge is 2.34. The third-order valence-corrected chi connectivity index (χ3v) is 2.07. The largest absolute Gasteiger partial charge is 0.435 e. The first kappa shape index (κ1) is 13.5. The molecule has 0 saturated carbocycles. The number of aromatic amines is 1. The van der Waals surface area contributed by atoms with Gasteiger partial charge in [0.1, 0.15) is 0 Å². The van der Waals surface area contributed by atoms with E-state index in [4.69, 9.17) is 0 Å². The molecule has 4 nitrogen and oxygen atoms in total. The Bertz CT molecular complexity index is 373. The van der Waals surface area contributed by atoms with Crippen LogP contribution in [0.1, 0.15) is 31.2 Å². The van der Waals surface area contributed by atoms with Crippen LogP contribution in [0.15, 0.2) is 0 Å². The molecule has 1 aromatic rings. The minimum atomic E-state index is -4.45. The molecule has 1 amide bonds. The number of carbonyl (C=O) groups excluding carboxylic acids is 1. The quantitative estimate of drug-likeness (QED) is 0.779. The maximum absolute atomic E-state index is 12.2. The third kappa shape index (κ3) is 4.88. The van der Waals surface area contributed by atoms with Crippen LogP contribution in [-0.2, 0) is 17.4 Å². The number of nitrogens with one attached hydrogen (secondary N) is 2. The van der Waals surface area contributed by atoms with Crippen molar-refractivity contribution in [3.63, 3.8) is 0 Å². The minimum Gasteiger partial charge on any atom is -0.356 e. The van der Waals surface area contributed by atoms with E-state index in [0.717, 1.165) is 0 Å². The maximum atomic E-state index is 12.2. The summed E-state index contributed by atoms with van der Waals surface area (Å²) in [6.07, 6.45) is -2.66. The Hall–Kier alpha value is -1.53. The van der Waals surface area contributed by atoms with E-state index in [-0.39, 0.29) is 5.91 Å². The summed E-state index contributed by atoms with van der Waals surface area (Å²) in [5.74, 6) is -0.113. The van der Waals surface area contributed by atoms with Crippen molar-refractivity contribution in [1.29, 1.82) is 0 Å². The number of aryl methyl sites for hydroxylation is 1. The molecule has 2 N–H and O–H groups in total. The predicted octanol–water partition coefficient (Wildman–Crippen LogP) is 1.69. The van der Waals surface area contributed by atoms with Crippen LogP contribution >= 0.6 is 0 Å². The molecule has 0 aliphatic heterocycles. The van der Waals surface area contributed by atoms with Crippen LogP contribution in [0, 0.1) is 6.07 Å². The van der Waals surface area contributed by atoms with Gasteiger partial charge in [0.05, 0.1) is 0 Å². The van der Waals surface area contributed by atoms with Crippen molar-refractivity contribution in [3.8, 4) is 0 Å². The number of hydrogen-bond donors (Lipinski definition) is 2. The number of hydrogen-bond acceptors (Lipinski definition) is 2. The second-order valence-corrected chi connectivity index (χ2v) is 3.61. The zero-order chi connectivity index (χ0) is 12.9. The molecular weight excluding hydrogens is 235 g/mol. The first-order valence-corrected chi connectivity index (χ1v) is 5.18. The van der Waals surface area contributed by atoms with E-state index in [0.29, 0.717) is 31.5 Å². The molecule has 0 unspecified atom stereocenters. The molecule has 1 rings (SSSR count). The topological polar surface area (TPSA) is 57.8 Å². The van der Waals surface area contributed by atoms with Crippen molar-refractivity contribution >= 4 is 5.91 Å². The molecular formula is C10H13F3N3O. The summed E-state index contributed by atoms with van der Waals surface area (Å²) in [6.45, 7) is 1.94. The summed E-state index contributed by atoms with van der Waals surface area (Å²) >= 11 is 0. The van der Waals surface area contributed by atoms with Crippen molar-refractivity contribution in [2.45, 2.75) is 32.4 Å². The highest BCUT2D eigenvalue weighted by Crippen LogP contribution is 2.27. The smallest absolute Gasteiger partial charge is 0.356 e. The highest BCUT2D eigenvalue weighted by molar-refractivity contribution is 5.72. The Kier molecular flexibility index (Phi) is 4.53. The van der Waals surface area contributed by atoms with Crippen molar-refractivity contribution < 1.29 is 18.0 Å². The molecule has 17 heavy (non-hydrogen) atoms. The van der Waals surface area contributed by atoms with Gasteiger partial charge in [-0.2, -0.15) is 18.3 Å². The van der Waals surface area contributed by atoms with Gasteiger partial charge in [-0.3, -0.25) is 9.89 Å². The molecule has 1 aromatic heterocycles. The van der Waals surface area contributed by atoms with E-state index < -0.39 is 11.9 Å². The van der Waals surface area contributed by atoms with Gasteiger partial charge in [0.15, 0.2) is 5.69 Å². The van der Waals surface area contributed by atoms with Gasteiger partial charge in [0.2, 0.25) is 5.91 Å². The van der Waals surface area contributed by atoms with Gasteiger partial charge >= 0.3 is 6.18 Å². The molecule has 0 saturated heterocycles. The molecule has 1 radical (unpaired) electrons. The second kappa shape index (κ2) is 5.70. The van der Waals surface area contributed by atoms with E-state index in [2.05, 4.69) is 21.6 Å². The molecule has 0 aliphatic rings. The second-order valence-electron chi connectivity index (χ2n) is 3.61. The lowest BCUT2D eigenvalue weighted by Crippen LogP contribution is -2.20. The Balaban J connectivity index is 2.28. The molecule has 7 heteroatoms. The Morgan fingerprint density at radius 2 is 2.18 bits per heavy atom. The first-order valence-electron chi connectivity index (χ1n) is 5.18. The van der Waals surface area contributed by atoms with Crippen molar-refractivity contribution in [1.82, 2.24) is 15.5 Å². The van der Waals surface area contributed by atoms with Crippen LogP contribution in [-0.4, -0.2) is 22.6 Å². The van der Waals surface area contributed by atoms with E-state index >= 15 is 0 Å². The van der Waals surface area contributed by atoms with Crippen molar-refractivity contribution in [2.75, 3.05) is 6.54 Å². The summed E-state index contributed by atoms with van der Waals surface area (Å²) in [7, 11) is 0. The minimum absolute atomic E-state index is 0.113. The number of unbranched alkanes of at least 4 members (excludes halogenated alkanes) is 1. The molecule has 0 aliphatic carbocycles. The van der Waals surface area contributed by atoms with Gasteiger partial charge in [-0.25, -0.2) is 0 Å². The van der Waals surface area contributed by atoms with Crippen LogP contribution in [0.4, 0.5) is 13.2 Å². The summed E-state index contributed by atoms with van der Waals surface area (Å²) in [4.78, 5) is 10.5. The molecule has 1 heterocycles. The highest BCUT2D eigenvalue weighted by atomic mass is 19.4. The van der Waals surface area contributed by atoms with E-state index in [1.54, 1.807) is 0 Å². The standard InChI is InChI=1S/C10H13F3N3O/c1-7(17)14-5-3-2-4-8-6-9(16-15-8)10(11,12)13/h2-5H2,1H3,(H,14,17)(H,15,16). The monoisotopic (exact) mass is 248 g/mol. The van der Waals surface area contributed by atoms with Gasteiger partial charge in [-0.15, -0.1) is 0 Å². The number of H-pyrrole nitrogens is 1. The van der Waals surface area contributed by atoms with Gasteiger partial charge in [-0.05, 0) is 19.3 Å². The van der Waals surface area contributed by atoms with Crippen LogP contribution in [0.2, 0.25) is 0 Å². The molecule has 0 spiro atoms. The number of alkyl halides is 3. The molecule has 0 bridgehead atoms. The fourth-order valence-electron chi connectivity index (χ4n) is 1.27. The average molecular weight is 248 g/mol. The Morgan fingerprint density at radius 1 is 1.47 bits per heavy atom. The van der Waals surface area contributed by atoms with Crippen molar-refractivity contribution in [3.05, 3.63) is 17.5 Å². The Morgan fingerprint density at radius 3 is 2.71 bits per heavy atom. The van der Waals surface area contributed by atoms with Crippen LogP contribution < -0.4 is 5.32 Å². The maximum Gasteiger partial charge on any atom is 0.435 e. The van der Waals surface area contributed by atoms with Crippen molar-refractivity contribution in [2.24, 2.45) is 0 Å². The lowest BCUT2D eigenvalue weighted by molar-refractivity contribution is -0.141. The number of nitrogens with zero attached hydrogens (tertiary/aromatic N) is 1. The SMILES string of the molecule is CC(=O)NCCCCc1[c]c(C(F)(F)F)n[nH]1. The first-order chi connectivity index (χ1) is 7.89. The third-order valence-electron chi connectivity index (χ3n) is 2.07.